The first-order valence-electron chi connectivity index (χ1n) is 2.94. The molecule has 0 aromatic heterocycles. The normalized spacial score (nSPS) is 19.8. The predicted molar refractivity (Wildman–Crippen MR) is 38.2 cm³/mol. The molecule has 0 aromatic carbocycles. The molecule has 1 heteroatoms. The lowest BCUT2D eigenvalue weighted by Gasteiger charge is -2.11. The lowest BCUT2D eigenvalue weighted by molar-refractivity contribution is 0.415. The van der Waals surface area contributed by atoms with Crippen LogP contribution in [0, 0.1) is 0 Å². The van der Waals surface area contributed by atoms with E-state index in [1.54, 1.807) is 6.08 Å². The maximum Gasteiger partial charge on any atom is 0.114 e. The number of hydrogen-bond acceptors (Lipinski definition) is 1. The third-order valence-electron chi connectivity index (χ3n) is 1.41. The van der Waals surface area contributed by atoms with Gasteiger partial charge in [0.25, 0.3) is 0 Å². The molecule has 0 spiro atoms. The lowest BCUT2D eigenvalue weighted by Crippen LogP contribution is -1.95. The van der Waals surface area contributed by atoms with Gasteiger partial charge in [-0.05, 0) is 24.5 Å². The SMILES string of the molecule is C=C1CC=C(O)C(=C)C1. The van der Waals surface area contributed by atoms with Crippen LogP contribution in [0.1, 0.15) is 12.8 Å². The van der Waals surface area contributed by atoms with Crippen molar-refractivity contribution in [3.05, 3.63) is 36.1 Å². The zero-order valence-corrected chi connectivity index (χ0v) is 5.35. The highest BCUT2D eigenvalue weighted by molar-refractivity contribution is 5.32. The first-order valence-corrected chi connectivity index (χ1v) is 2.94. The third kappa shape index (κ3) is 1.22. The summed E-state index contributed by atoms with van der Waals surface area (Å²) in [5, 5.41) is 9.02. The zero-order valence-electron chi connectivity index (χ0n) is 5.35. The van der Waals surface area contributed by atoms with Crippen molar-refractivity contribution in [2.45, 2.75) is 12.8 Å². The molecule has 0 aromatic rings. The molecule has 0 amide bonds. The Morgan fingerprint density at radius 1 is 1.44 bits per heavy atom. The highest BCUT2D eigenvalue weighted by Gasteiger charge is 2.07. The quantitative estimate of drug-likeness (QED) is 0.489. The van der Waals surface area contributed by atoms with Crippen molar-refractivity contribution in [3.63, 3.8) is 0 Å². The summed E-state index contributed by atoms with van der Waals surface area (Å²) in [5.41, 5.74) is 1.91. The third-order valence-corrected chi connectivity index (χ3v) is 1.41. The summed E-state index contributed by atoms with van der Waals surface area (Å²) in [4.78, 5) is 0. The number of aliphatic hydroxyl groups is 1. The van der Waals surface area contributed by atoms with Gasteiger partial charge in [-0.25, -0.2) is 0 Å². The zero-order chi connectivity index (χ0) is 6.85. The van der Waals surface area contributed by atoms with Crippen molar-refractivity contribution in [1.82, 2.24) is 0 Å². The van der Waals surface area contributed by atoms with E-state index in [2.05, 4.69) is 13.2 Å². The van der Waals surface area contributed by atoms with Crippen LogP contribution in [-0.2, 0) is 0 Å². The van der Waals surface area contributed by atoms with Crippen LogP contribution in [0.3, 0.4) is 0 Å². The fraction of sp³-hybridized carbons (Fsp3) is 0.250. The van der Waals surface area contributed by atoms with Gasteiger partial charge >= 0.3 is 0 Å². The van der Waals surface area contributed by atoms with Gasteiger partial charge < -0.3 is 5.11 Å². The fourth-order valence-electron chi connectivity index (χ4n) is 0.850. The van der Waals surface area contributed by atoms with Crippen LogP contribution in [0.5, 0.6) is 0 Å². The average Bonchev–Trinajstić information content (AvgIpc) is 1.80. The van der Waals surface area contributed by atoms with Crippen LogP contribution >= 0.6 is 0 Å². The molecule has 0 atom stereocenters. The average molecular weight is 122 g/mol. The van der Waals surface area contributed by atoms with Crippen LogP contribution in [0.2, 0.25) is 0 Å². The van der Waals surface area contributed by atoms with Gasteiger partial charge in [-0.2, -0.15) is 0 Å². The second-order valence-corrected chi connectivity index (χ2v) is 2.32. The summed E-state index contributed by atoms with van der Waals surface area (Å²) in [6.07, 6.45) is 3.29. The molecule has 0 bridgehead atoms. The monoisotopic (exact) mass is 122 g/mol. The van der Waals surface area contributed by atoms with Crippen molar-refractivity contribution in [2.24, 2.45) is 0 Å². The maximum absolute atomic E-state index is 9.02. The number of aliphatic hydroxyl groups excluding tert-OH is 1. The van der Waals surface area contributed by atoms with E-state index in [1.807, 2.05) is 0 Å². The summed E-state index contributed by atoms with van der Waals surface area (Å²) in [5.74, 6) is 0.336. The summed E-state index contributed by atoms with van der Waals surface area (Å²) in [7, 11) is 0. The Bertz CT molecular complexity index is 187. The fourth-order valence-corrected chi connectivity index (χ4v) is 0.850. The van der Waals surface area contributed by atoms with Gasteiger partial charge in [0.2, 0.25) is 0 Å². The molecule has 0 saturated heterocycles. The molecule has 1 aliphatic rings. The van der Waals surface area contributed by atoms with Crippen molar-refractivity contribution in [1.29, 1.82) is 0 Å². The largest absolute Gasteiger partial charge is 0.508 e. The molecule has 0 radical (unpaired) electrons. The van der Waals surface area contributed by atoms with E-state index in [0.717, 1.165) is 24.0 Å². The molecule has 1 rings (SSSR count). The van der Waals surface area contributed by atoms with Crippen molar-refractivity contribution < 1.29 is 5.11 Å². The van der Waals surface area contributed by atoms with Crippen molar-refractivity contribution in [3.8, 4) is 0 Å². The van der Waals surface area contributed by atoms with Crippen molar-refractivity contribution >= 4 is 0 Å². The van der Waals surface area contributed by atoms with E-state index in [-0.39, 0.29) is 0 Å². The van der Waals surface area contributed by atoms with Gasteiger partial charge in [0.1, 0.15) is 5.76 Å². The standard InChI is InChI=1S/C8H10O/c1-6-3-4-8(9)7(2)5-6/h4,9H,1-3,5H2. The molecule has 0 saturated carbocycles. The summed E-state index contributed by atoms with van der Waals surface area (Å²) < 4.78 is 0. The Morgan fingerprint density at radius 3 is 2.56 bits per heavy atom. The van der Waals surface area contributed by atoms with Gasteiger partial charge in [0, 0.05) is 0 Å². The minimum atomic E-state index is 0.336. The highest BCUT2D eigenvalue weighted by atomic mass is 16.3. The van der Waals surface area contributed by atoms with Gasteiger partial charge in [-0.15, -0.1) is 0 Å². The topological polar surface area (TPSA) is 20.2 Å². The molecule has 0 heterocycles. The van der Waals surface area contributed by atoms with Gasteiger partial charge in [0.05, 0.1) is 0 Å². The second-order valence-electron chi connectivity index (χ2n) is 2.32. The Morgan fingerprint density at radius 2 is 2.11 bits per heavy atom. The summed E-state index contributed by atoms with van der Waals surface area (Å²) >= 11 is 0. The van der Waals surface area contributed by atoms with E-state index < -0.39 is 0 Å². The highest BCUT2D eigenvalue weighted by Crippen LogP contribution is 2.23. The molecule has 1 nitrogen and oxygen atoms in total. The molecule has 0 fully saturated rings. The predicted octanol–water partition coefficient (Wildman–Crippen LogP) is 2.33. The summed E-state index contributed by atoms with van der Waals surface area (Å²) in [6.45, 7) is 7.45. The molecule has 1 aliphatic carbocycles. The van der Waals surface area contributed by atoms with Crippen LogP contribution in [-0.4, -0.2) is 5.11 Å². The molecule has 0 aliphatic heterocycles. The molecule has 9 heavy (non-hydrogen) atoms. The molecular weight excluding hydrogens is 112 g/mol. The maximum atomic E-state index is 9.02. The Labute approximate surface area is 55.0 Å². The molecule has 1 N–H and O–H groups in total. The lowest BCUT2D eigenvalue weighted by atomic mass is 9.98. The number of rotatable bonds is 0. The van der Waals surface area contributed by atoms with Crippen LogP contribution < -0.4 is 0 Å². The van der Waals surface area contributed by atoms with Gasteiger partial charge in [0.15, 0.2) is 0 Å². The van der Waals surface area contributed by atoms with Gasteiger partial charge in [-0.1, -0.05) is 18.7 Å². The van der Waals surface area contributed by atoms with Gasteiger partial charge in [-0.3, -0.25) is 0 Å². The Balaban J connectivity index is 2.79. The Kier molecular flexibility index (Phi) is 1.43. The van der Waals surface area contributed by atoms with Crippen LogP contribution in [0.4, 0.5) is 0 Å². The number of hydrogen-bond donors (Lipinski definition) is 1. The Hall–Kier alpha value is -0.980. The van der Waals surface area contributed by atoms with E-state index in [9.17, 15) is 0 Å². The first-order chi connectivity index (χ1) is 4.20. The number of allylic oxidation sites excluding steroid dienone is 3. The van der Waals surface area contributed by atoms with Crippen LogP contribution in [0.15, 0.2) is 36.1 Å². The second kappa shape index (κ2) is 2.09. The van der Waals surface area contributed by atoms with Crippen molar-refractivity contribution in [2.75, 3.05) is 0 Å². The van der Waals surface area contributed by atoms with E-state index >= 15 is 0 Å². The first kappa shape index (κ1) is 6.14. The molecular formula is C8H10O. The minimum absolute atomic E-state index is 0.336. The van der Waals surface area contributed by atoms with E-state index in [1.165, 1.54) is 0 Å². The molecule has 0 unspecified atom stereocenters. The van der Waals surface area contributed by atoms with E-state index in [4.69, 9.17) is 5.11 Å². The van der Waals surface area contributed by atoms with E-state index in [0.29, 0.717) is 5.76 Å². The van der Waals surface area contributed by atoms with Crippen LogP contribution in [0.25, 0.3) is 0 Å². The minimum Gasteiger partial charge on any atom is -0.508 e. The smallest absolute Gasteiger partial charge is 0.114 e. The molecule has 48 valence electrons. The summed E-state index contributed by atoms with van der Waals surface area (Å²) in [6, 6.07) is 0.